The van der Waals surface area contributed by atoms with E-state index in [0.717, 1.165) is 47.3 Å². The molecule has 174 valence electrons. The van der Waals surface area contributed by atoms with Crippen LogP contribution in [0, 0.1) is 12.7 Å². The van der Waals surface area contributed by atoms with E-state index in [1.165, 1.54) is 18.7 Å². The van der Waals surface area contributed by atoms with Gasteiger partial charge in [0.2, 0.25) is 0 Å². The van der Waals surface area contributed by atoms with E-state index in [-0.39, 0.29) is 23.5 Å². The van der Waals surface area contributed by atoms with Crippen molar-refractivity contribution in [3.8, 4) is 5.75 Å². The number of rotatable bonds is 8. The molecule has 2 aromatic carbocycles. The molecule has 0 saturated carbocycles. The number of carbonyl (C=O) groups excluding carboxylic acids is 1. The molecular weight excluding hydrogens is 457 g/mol. The molecule has 5 nitrogen and oxygen atoms in total. The van der Waals surface area contributed by atoms with Crippen LogP contribution in [0.4, 0.5) is 4.39 Å². The lowest BCUT2D eigenvalue weighted by Crippen LogP contribution is -2.44. The fourth-order valence-corrected chi connectivity index (χ4v) is 5.67. The van der Waals surface area contributed by atoms with Crippen molar-refractivity contribution >= 4 is 29.0 Å². The number of hydrogen-bond acceptors (Lipinski definition) is 6. The Hall–Kier alpha value is -2.42. The summed E-state index contributed by atoms with van der Waals surface area (Å²) in [5.41, 5.74) is 3.84. The zero-order valence-electron chi connectivity index (χ0n) is 18.8. The average molecular weight is 486 g/mol. The Labute approximate surface area is 202 Å². The van der Waals surface area contributed by atoms with Crippen molar-refractivity contribution in [1.29, 1.82) is 0 Å². The lowest BCUT2D eigenvalue weighted by atomic mass is 10.0. The highest BCUT2D eigenvalue weighted by Crippen LogP contribution is 2.26. The number of carbonyl (C=O) groups is 1. The standard InChI is InChI=1S/C25H28FN3O2S2/c1-17-15-32-25(27-17)33-16-18-3-6-20(7-4-18)24(30)28-21-9-11-29(12-10-21)14-19-5-8-23(31-2)22(26)13-19/h3-8,13,15,21H,9-12,14,16H2,1-2H3,(H,28,30). The number of amides is 1. The Balaban J connectivity index is 1.22. The molecule has 1 saturated heterocycles. The van der Waals surface area contributed by atoms with Crippen LogP contribution in [0.25, 0.3) is 0 Å². The largest absolute Gasteiger partial charge is 0.494 e. The van der Waals surface area contributed by atoms with E-state index in [1.54, 1.807) is 29.2 Å². The smallest absolute Gasteiger partial charge is 0.251 e. The van der Waals surface area contributed by atoms with Crippen molar-refractivity contribution in [2.24, 2.45) is 0 Å². The highest BCUT2D eigenvalue weighted by Gasteiger charge is 2.21. The van der Waals surface area contributed by atoms with Crippen molar-refractivity contribution < 1.29 is 13.9 Å². The molecule has 0 atom stereocenters. The second kappa shape index (κ2) is 11.1. The van der Waals surface area contributed by atoms with Gasteiger partial charge in [-0.15, -0.1) is 11.3 Å². The molecule has 8 heteroatoms. The normalized spacial score (nSPS) is 14.9. The van der Waals surface area contributed by atoms with Crippen LogP contribution in [0.2, 0.25) is 0 Å². The minimum absolute atomic E-state index is 0.0274. The average Bonchev–Trinajstić information content (AvgIpc) is 3.24. The Bertz CT molecular complexity index is 1080. The highest BCUT2D eigenvalue weighted by atomic mass is 32.2. The highest BCUT2D eigenvalue weighted by molar-refractivity contribution is 8.00. The molecule has 1 fully saturated rings. The number of hydrogen-bond donors (Lipinski definition) is 1. The van der Waals surface area contributed by atoms with Crippen molar-refractivity contribution in [3.63, 3.8) is 0 Å². The van der Waals surface area contributed by atoms with Crippen LogP contribution in [-0.4, -0.2) is 42.0 Å². The second-order valence-corrected chi connectivity index (χ2v) is 10.3. The van der Waals surface area contributed by atoms with Gasteiger partial charge in [-0.1, -0.05) is 30.0 Å². The number of ether oxygens (including phenoxy) is 1. The number of methoxy groups -OCH3 is 1. The molecule has 3 aromatic rings. The van der Waals surface area contributed by atoms with Gasteiger partial charge in [0.15, 0.2) is 11.6 Å². The van der Waals surface area contributed by atoms with Crippen molar-refractivity contribution in [1.82, 2.24) is 15.2 Å². The number of likely N-dealkylation sites (tertiary alicyclic amines) is 1. The fourth-order valence-electron chi connectivity index (χ4n) is 3.87. The van der Waals surface area contributed by atoms with E-state index < -0.39 is 0 Å². The molecule has 1 N–H and O–H groups in total. The number of halogens is 1. The van der Waals surface area contributed by atoms with Gasteiger partial charge >= 0.3 is 0 Å². The molecule has 1 aliphatic heterocycles. The van der Waals surface area contributed by atoms with E-state index in [4.69, 9.17) is 4.74 Å². The molecule has 33 heavy (non-hydrogen) atoms. The van der Waals surface area contributed by atoms with Gasteiger partial charge in [-0.2, -0.15) is 0 Å². The van der Waals surface area contributed by atoms with Crippen LogP contribution in [-0.2, 0) is 12.3 Å². The third-order valence-corrected chi connectivity index (χ3v) is 7.93. The van der Waals surface area contributed by atoms with Gasteiger partial charge in [0.05, 0.1) is 7.11 Å². The quantitative estimate of drug-likeness (QED) is 0.440. The van der Waals surface area contributed by atoms with Crippen LogP contribution in [0.3, 0.4) is 0 Å². The first-order valence-electron chi connectivity index (χ1n) is 11.0. The monoisotopic (exact) mass is 485 g/mol. The molecule has 0 bridgehead atoms. The number of thioether (sulfide) groups is 1. The van der Waals surface area contributed by atoms with Crippen LogP contribution < -0.4 is 10.1 Å². The molecule has 2 heterocycles. The summed E-state index contributed by atoms with van der Waals surface area (Å²) < 4.78 is 20.0. The molecule has 0 aliphatic carbocycles. The number of aryl methyl sites for hydroxylation is 1. The first kappa shape index (κ1) is 23.7. The Kier molecular flexibility index (Phi) is 8.01. The van der Waals surface area contributed by atoms with E-state index in [2.05, 4.69) is 20.6 Å². The van der Waals surface area contributed by atoms with Gasteiger partial charge in [-0.3, -0.25) is 9.69 Å². The van der Waals surface area contributed by atoms with Gasteiger partial charge in [-0.05, 0) is 55.2 Å². The lowest BCUT2D eigenvalue weighted by molar-refractivity contribution is 0.0909. The predicted molar refractivity (Wildman–Crippen MR) is 132 cm³/mol. The Morgan fingerprint density at radius 3 is 2.58 bits per heavy atom. The van der Waals surface area contributed by atoms with Crippen LogP contribution in [0.15, 0.2) is 52.2 Å². The minimum Gasteiger partial charge on any atom is -0.494 e. The molecule has 4 rings (SSSR count). The number of aromatic nitrogens is 1. The summed E-state index contributed by atoms with van der Waals surface area (Å²) in [4.78, 5) is 19.4. The maximum Gasteiger partial charge on any atom is 0.251 e. The molecule has 0 unspecified atom stereocenters. The third kappa shape index (κ3) is 6.56. The maximum absolute atomic E-state index is 13.9. The zero-order chi connectivity index (χ0) is 23.2. The molecule has 1 amide bonds. The van der Waals surface area contributed by atoms with Crippen molar-refractivity contribution in [2.45, 2.75) is 42.4 Å². The summed E-state index contributed by atoms with van der Waals surface area (Å²) in [5, 5.41) is 5.22. The Morgan fingerprint density at radius 1 is 1.21 bits per heavy atom. The van der Waals surface area contributed by atoms with E-state index in [0.29, 0.717) is 12.1 Å². The summed E-state index contributed by atoms with van der Waals surface area (Å²) >= 11 is 3.38. The van der Waals surface area contributed by atoms with E-state index in [1.807, 2.05) is 37.3 Å². The molecule has 0 spiro atoms. The molecule has 1 aromatic heterocycles. The van der Waals surface area contributed by atoms with Crippen LogP contribution in [0.5, 0.6) is 5.75 Å². The van der Waals surface area contributed by atoms with Gasteiger partial charge in [0.25, 0.3) is 5.91 Å². The number of nitrogens with one attached hydrogen (secondary N) is 1. The molecule has 1 aliphatic rings. The minimum atomic E-state index is -0.333. The summed E-state index contributed by atoms with van der Waals surface area (Å²) in [6.45, 7) is 4.43. The second-order valence-electron chi connectivity index (χ2n) is 8.23. The Morgan fingerprint density at radius 2 is 1.94 bits per heavy atom. The summed E-state index contributed by atoms with van der Waals surface area (Å²) in [6.07, 6.45) is 1.76. The molecule has 0 radical (unpaired) electrons. The zero-order valence-corrected chi connectivity index (χ0v) is 20.5. The fraction of sp³-hybridized carbons (Fsp3) is 0.360. The van der Waals surface area contributed by atoms with Gasteiger partial charge < -0.3 is 10.1 Å². The topological polar surface area (TPSA) is 54.5 Å². The third-order valence-electron chi connectivity index (χ3n) is 5.72. The van der Waals surface area contributed by atoms with Crippen LogP contribution in [0.1, 0.15) is 40.0 Å². The first-order chi connectivity index (χ1) is 16.0. The summed E-state index contributed by atoms with van der Waals surface area (Å²) in [7, 11) is 1.47. The van der Waals surface area contributed by atoms with Crippen molar-refractivity contribution in [2.75, 3.05) is 20.2 Å². The van der Waals surface area contributed by atoms with E-state index in [9.17, 15) is 9.18 Å². The number of thiazole rings is 1. The summed E-state index contributed by atoms with van der Waals surface area (Å²) in [6, 6.07) is 13.1. The summed E-state index contributed by atoms with van der Waals surface area (Å²) in [5.74, 6) is 0.743. The SMILES string of the molecule is COc1ccc(CN2CCC(NC(=O)c3ccc(CSc4nc(C)cs4)cc3)CC2)cc1F. The number of piperidine rings is 1. The lowest BCUT2D eigenvalue weighted by Gasteiger charge is -2.32. The first-order valence-corrected chi connectivity index (χ1v) is 12.9. The van der Waals surface area contributed by atoms with Gasteiger partial charge in [0, 0.05) is 48.1 Å². The number of nitrogens with zero attached hydrogens (tertiary/aromatic N) is 2. The van der Waals surface area contributed by atoms with E-state index >= 15 is 0 Å². The van der Waals surface area contributed by atoms with Crippen molar-refractivity contribution in [3.05, 3.63) is 76.0 Å². The van der Waals surface area contributed by atoms with Gasteiger partial charge in [-0.25, -0.2) is 9.37 Å². The predicted octanol–water partition coefficient (Wildman–Crippen LogP) is 5.29. The number of benzene rings is 2. The maximum atomic E-state index is 13.9. The van der Waals surface area contributed by atoms with Crippen LogP contribution >= 0.6 is 23.1 Å². The van der Waals surface area contributed by atoms with Gasteiger partial charge in [0.1, 0.15) is 4.34 Å². The molecular formula is C25H28FN3O2S2.